The van der Waals surface area contributed by atoms with Crippen molar-refractivity contribution in [2.24, 2.45) is 0 Å². The van der Waals surface area contributed by atoms with E-state index in [9.17, 15) is 9.59 Å². The molecule has 0 aliphatic rings. The van der Waals surface area contributed by atoms with Gasteiger partial charge in [0, 0.05) is 7.05 Å². The van der Waals surface area contributed by atoms with Crippen molar-refractivity contribution in [3.63, 3.8) is 0 Å². The molecule has 0 unspecified atom stereocenters. The maximum absolute atomic E-state index is 13.6. The standard InChI is InChI=1S/C27H27N3O2/c1-18-14-15-22(16-19(18)2)30-26(28-24-13-9-8-12-23(24)27(30)32)20(3)29(4)25(31)17-21-10-6-5-7-11-21/h5-16,20H,17H2,1-4H3/t20-/m0/s1. The minimum atomic E-state index is -0.398. The van der Waals surface area contributed by atoms with Gasteiger partial charge in [-0.1, -0.05) is 48.5 Å². The number of carbonyl (C=O) groups is 1. The van der Waals surface area contributed by atoms with Gasteiger partial charge in [-0.2, -0.15) is 0 Å². The van der Waals surface area contributed by atoms with Crippen molar-refractivity contribution in [3.8, 4) is 5.69 Å². The maximum Gasteiger partial charge on any atom is 0.266 e. The van der Waals surface area contributed by atoms with Gasteiger partial charge in [0.15, 0.2) is 0 Å². The van der Waals surface area contributed by atoms with Crippen LogP contribution in [-0.2, 0) is 11.2 Å². The molecule has 5 nitrogen and oxygen atoms in total. The summed E-state index contributed by atoms with van der Waals surface area (Å²) in [4.78, 5) is 33.1. The monoisotopic (exact) mass is 425 g/mol. The normalized spacial score (nSPS) is 12.0. The second kappa shape index (κ2) is 8.79. The second-order valence-corrected chi connectivity index (χ2v) is 8.24. The van der Waals surface area contributed by atoms with Gasteiger partial charge in [0.1, 0.15) is 5.82 Å². The molecular weight excluding hydrogens is 398 g/mol. The smallest absolute Gasteiger partial charge is 0.266 e. The summed E-state index contributed by atoms with van der Waals surface area (Å²) in [5.74, 6) is 0.513. The van der Waals surface area contributed by atoms with Crippen LogP contribution in [0.5, 0.6) is 0 Å². The number of rotatable bonds is 5. The highest BCUT2D eigenvalue weighted by atomic mass is 16.2. The average Bonchev–Trinajstić information content (AvgIpc) is 2.80. The molecule has 1 atom stereocenters. The third-order valence-electron chi connectivity index (χ3n) is 6.10. The maximum atomic E-state index is 13.6. The number of likely N-dealkylation sites (N-methyl/N-ethyl adjacent to an activating group) is 1. The van der Waals surface area contributed by atoms with Crippen molar-refractivity contribution in [3.05, 3.63) is 106 Å². The Hall–Kier alpha value is -3.73. The molecule has 162 valence electrons. The molecular formula is C27H27N3O2. The quantitative estimate of drug-likeness (QED) is 0.463. The molecule has 1 aromatic heterocycles. The molecule has 0 saturated heterocycles. The van der Waals surface area contributed by atoms with Crippen molar-refractivity contribution < 1.29 is 4.79 Å². The molecule has 0 radical (unpaired) electrons. The highest BCUT2D eigenvalue weighted by molar-refractivity contribution is 5.80. The number of aryl methyl sites for hydroxylation is 2. The van der Waals surface area contributed by atoms with E-state index < -0.39 is 6.04 Å². The number of hydrogen-bond donors (Lipinski definition) is 0. The summed E-state index contributed by atoms with van der Waals surface area (Å²) in [5.41, 5.74) is 4.44. The van der Waals surface area contributed by atoms with E-state index in [0.717, 1.165) is 22.4 Å². The van der Waals surface area contributed by atoms with E-state index in [1.165, 1.54) is 0 Å². The summed E-state index contributed by atoms with van der Waals surface area (Å²) in [6.45, 7) is 5.98. The number of carbonyl (C=O) groups excluding carboxylic acids is 1. The van der Waals surface area contributed by atoms with Crippen molar-refractivity contribution in [1.29, 1.82) is 0 Å². The lowest BCUT2D eigenvalue weighted by atomic mass is 10.1. The van der Waals surface area contributed by atoms with Crippen molar-refractivity contribution in [2.75, 3.05) is 7.05 Å². The average molecular weight is 426 g/mol. The first-order valence-corrected chi connectivity index (χ1v) is 10.8. The molecule has 0 aliphatic heterocycles. The Morgan fingerprint density at radius 1 is 0.969 bits per heavy atom. The van der Waals surface area contributed by atoms with Crippen LogP contribution < -0.4 is 5.56 Å². The minimum absolute atomic E-state index is 0.0299. The van der Waals surface area contributed by atoms with Gasteiger partial charge >= 0.3 is 0 Å². The van der Waals surface area contributed by atoms with Crippen LogP contribution in [0.2, 0.25) is 0 Å². The summed E-state index contributed by atoms with van der Waals surface area (Å²) in [6.07, 6.45) is 0.295. The molecule has 1 heterocycles. The van der Waals surface area contributed by atoms with E-state index in [1.54, 1.807) is 22.6 Å². The van der Waals surface area contributed by atoms with Gasteiger partial charge in [0.2, 0.25) is 5.91 Å². The second-order valence-electron chi connectivity index (χ2n) is 8.24. The predicted molar refractivity (Wildman–Crippen MR) is 128 cm³/mol. The van der Waals surface area contributed by atoms with Gasteiger partial charge < -0.3 is 4.90 Å². The number of aromatic nitrogens is 2. The van der Waals surface area contributed by atoms with E-state index in [4.69, 9.17) is 4.98 Å². The van der Waals surface area contributed by atoms with Gasteiger partial charge in [0.25, 0.3) is 5.56 Å². The summed E-state index contributed by atoms with van der Waals surface area (Å²) in [7, 11) is 1.77. The fraction of sp³-hybridized carbons (Fsp3) is 0.222. The van der Waals surface area contributed by atoms with Crippen LogP contribution in [0, 0.1) is 13.8 Å². The minimum Gasteiger partial charge on any atom is -0.336 e. The topological polar surface area (TPSA) is 55.2 Å². The van der Waals surface area contributed by atoms with Gasteiger partial charge in [-0.05, 0) is 61.7 Å². The number of fused-ring (bicyclic) bond motifs is 1. The Balaban J connectivity index is 1.82. The lowest BCUT2D eigenvalue weighted by Gasteiger charge is -2.27. The largest absolute Gasteiger partial charge is 0.336 e. The number of hydrogen-bond acceptors (Lipinski definition) is 3. The number of amides is 1. The molecule has 0 N–H and O–H groups in total. The molecule has 4 aromatic rings. The molecule has 0 aliphatic carbocycles. The molecule has 0 saturated carbocycles. The third kappa shape index (κ3) is 4.06. The van der Waals surface area contributed by atoms with Crippen LogP contribution >= 0.6 is 0 Å². The first kappa shape index (κ1) is 21.5. The van der Waals surface area contributed by atoms with Crippen LogP contribution in [0.25, 0.3) is 16.6 Å². The highest BCUT2D eigenvalue weighted by Gasteiger charge is 2.24. The van der Waals surface area contributed by atoms with E-state index in [1.807, 2.05) is 87.5 Å². The SMILES string of the molecule is Cc1ccc(-n2c([C@H](C)N(C)C(=O)Cc3ccccc3)nc3ccccc3c2=O)cc1C. The zero-order valence-corrected chi connectivity index (χ0v) is 18.9. The molecule has 3 aromatic carbocycles. The molecule has 0 bridgehead atoms. The fourth-order valence-corrected chi connectivity index (χ4v) is 3.83. The summed E-state index contributed by atoms with van der Waals surface area (Å²) < 4.78 is 1.64. The molecule has 5 heteroatoms. The van der Waals surface area contributed by atoms with Crippen LogP contribution in [0.15, 0.2) is 77.6 Å². The third-order valence-corrected chi connectivity index (χ3v) is 6.10. The van der Waals surface area contributed by atoms with Gasteiger partial charge in [-0.15, -0.1) is 0 Å². The Bertz CT molecular complexity index is 1340. The molecule has 32 heavy (non-hydrogen) atoms. The van der Waals surface area contributed by atoms with Crippen molar-refractivity contribution >= 4 is 16.8 Å². The van der Waals surface area contributed by atoms with Crippen LogP contribution in [0.3, 0.4) is 0 Å². The lowest BCUT2D eigenvalue weighted by Crippen LogP contribution is -2.35. The first-order valence-electron chi connectivity index (χ1n) is 10.8. The number of para-hydroxylation sites is 1. The zero-order valence-electron chi connectivity index (χ0n) is 18.9. The van der Waals surface area contributed by atoms with Gasteiger partial charge in [0.05, 0.1) is 29.1 Å². The van der Waals surface area contributed by atoms with Crippen LogP contribution in [0.1, 0.15) is 35.5 Å². The summed E-state index contributed by atoms with van der Waals surface area (Å²) in [6, 6.07) is 22.5. The highest BCUT2D eigenvalue weighted by Crippen LogP contribution is 2.23. The fourth-order valence-electron chi connectivity index (χ4n) is 3.83. The van der Waals surface area contributed by atoms with Crippen LogP contribution in [-0.4, -0.2) is 27.4 Å². The van der Waals surface area contributed by atoms with E-state index in [2.05, 4.69) is 0 Å². The summed E-state index contributed by atoms with van der Waals surface area (Å²) >= 11 is 0. The molecule has 1 amide bonds. The lowest BCUT2D eigenvalue weighted by molar-refractivity contribution is -0.131. The zero-order chi connectivity index (χ0) is 22.8. The molecule has 0 spiro atoms. The Kier molecular flexibility index (Phi) is 5.91. The van der Waals surface area contributed by atoms with Crippen LogP contribution in [0.4, 0.5) is 0 Å². The number of benzene rings is 3. The Morgan fingerprint density at radius 2 is 1.66 bits per heavy atom. The molecule has 0 fully saturated rings. The molecule has 4 rings (SSSR count). The predicted octanol–water partition coefficient (Wildman–Crippen LogP) is 4.76. The van der Waals surface area contributed by atoms with Crippen molar-refractivity contribution in [1.82, 2.24) is 14.5 Å². The summed E-state index contributed by atoms with van der Waals surface area (Å²) in [5, 5.41) is 0.556. The van der Waals surface area contributed by atoms with Gasteiger partial charge in [-0.25, -0.2) is 4.98 Å². The van der Waals surface area contributed by atoms with E-state index in [-0.39, 0.29) is 11.5 Å². The van der Waals surface area contributed by atoms with E-state index >= 15 is 0 Å². The number of nitrogens with zero attached hydrogens (tertiary/aromatic N) is 3. The Morgan fingerprint density at radius 3 is 2.38 bits per heavy atom. The van der Waals surface area contributed by atoms with Crippen molar-refractivity contribution in [2.45, 2.75) is 33.2 Å². The first-order chi connectivity index (χ1) is 15.4. The van der Waals surface area contributed by atoms with Gasteiger partial charge in [-0.3, -0.25) is 14.2 Å². The Labute approximate surface area is 188 Å². The van der Waals surface area contributed by atoms with E-state index in [0.29, 0.717) is 23.1 Å².